The molecule has 0 aromatic carbocycles. The highest BCUT2D eigenvalue weighted by molar-refractivity contribution is 9.10. The van der Waals surface area contributed by atoms with Crippen LogP contribution in [0.5, 0.6) is 0 Å². The van der Waals surface area contributed by atoms with Gasteiger partial charge in [-0.25, -0.2) is 0 Å². The largest absolute Gasteiger partial charge is 0.143 e. The summed E-state index contributed by atoms with van der Waals surface area (Å²) in [6, 6.07) is 2.16. The summed E-state index contributed by atoms with van der Waals surface area (Å²) in [5.41, 5.74) is 0. The first kappa shape index (κ1) is 12.5. The minimum atomic E-state index is 0.205. The normalized spacial score (nSPS) is 13.1. The maximum atomic E-state index is 6.32. The van der Waals surface area contributed by atoms with Gasteiger partial charge in [-0.1, -0.05) is 26.2 Å². The van der Waals surface area contributed by atoms with Gasteiger partial charge in [0.25, 0.3) is 0 Å². The van der Waals surface area contributed by atoms with Crippen LogP contribution in [0.1, 0.15) is 47.7 Å². The van der Waals surface area contributed by atoms with Gasteiger partial charge in [-0.3, -0.25) is 0 Å². The van der Waals surface area contributed by atoms with E-state index in [9.17, 15) is 0 Å². The fourth-order valence-electron chi connectivity index (χ4n) is 1.35. The van der Waals surface area contributed by atoms with Crippen LogP contribution in [0.2, 0.25) is 0 Å². The highest BCUT2D eigenvalue weighted by Gasteiger charge is 2.11. The summed E-state index contributed by atoms with van der Waals surface area (Å²) < 4.78 is 1.19. The standard InChI is InChI=1S/C11H16BrClS/c1-3-4-5-6-10(13)11-7-9(12)8(2)14-11/h7,10H,3-6H2,1-2H3. The van der Waals surface area contributed by atoms with Crippen LogP contribution < -0.4 is 0 Å². The van der Waals surface area contributed by atoms with E-state index < -0.39 is 0 Å². The lowest BCUT2D eigenvalue weighted by molar-refractivity contribution is 0.659. The zero-order chi connectivity index (χ0) is 10.6. The van der Waals surface area contributed by atoms with Crippen molar-refractivity contribution in [2.45, 2.75) is 44.9 Å². The fraction of sp³-hybridized carbons (Fsp3) is 0.636. The molecule has 0 aliphatic rings. The SMILES string of the molecule is CCCCCC(Cl)c1cc(Br)c(C)s1. The van der Waals surface area contributed by atoms with Gasteiger partial charge in [0.2, 0.25) is 0 Å². The summed E-state index contributed by atoms with van der Waals surface area (Å²) in [5.74, 6) is 0. The molecule has 1 heterocycles. The minimum absolute atomic E-state index is 0.205. The average Bonchev–Trinajstić information content (AvgIpc) is 2.47. The van der Waals surface area contributed by atoms with Gasteiger partial charge in [0.05, 0.1) is 5.38 Å². The Morgan fingerprint density at radius 3 is 2.71 bits per heavy atom. The van der Waals surface area contributed by atoms with E-state index in [2.05, 4.69) is 35.8 Å². The van der Waals surface area contributed by atoms with Gasteiger partial charge in [-0.15, -0.1) is 22.9 Å². The minimum Gasteiger partial charge on any atom is -0.143 e. The number of thiophene rings is 1. The highest BCUT2D eigenvalue weighted by atomic mass is 79.9. The van der Waals surface area contributed by atoms with Crippen LogP contribution in [0, 0.1) is 6.92 Å². The van der Waals surface area contributed by atoms with Gasteiger partial charge >= 0.3 is 0 Å². The van der Waals surface area contributed by atoms with Gasteiger partial charge in [0.1, 0.15) is 0 Å². The zero-order valence-corrected chi connectivity index (χ0v) is 11.8. The number of halogens is 2. The maximum Gasteiger partial charge on any atom is 0.0679 e. The molecule has 1 atom stereocenters. The van der Waals surface area contributed by atoms with E-state index in [1.165, 1.54) is 33.5 Å². The van der Waals surface area contributed by atoms with E-state index in [4.69, 9.17) is 11.6 Å². The summed E-state index contributed by atoms with van der Waals surface area (Å²) in [6.45, 7) is 4.34. The Bertz CT molecular complexity index is 263. The first-order chi connectivity index (χ1) is 6.65. The second kappa shape index (κ2) is 6.14. The molecule has 3 heteroatoms. The number of rotatable bonds is 5. The van der Waals surface area contributed by atoms with Gasteiger partial charge in [-0.05, 0) is 35.3 Å². The van der Waals surface area contributed by atoms with Gasteiger partial charge in [-0.2, -0.15) is 0 Å². The lowest BCUT2D eigenvalue weighted by Gasteiger charge is -2.05. The second-order valence-corrected chi connectivity index (χ2v) is 6.19. The maximum absolute atomic E-state index is 6.32. The van der Waals surface area contributed by atoms with Crippen LogP contribution in [0.25, 0.3) is 0 Å². The topological polar surface area (TPSA) is 0 Å². The van der Waals surface area contributed by atoms with Gasteiger partial charge < -0.3 is 0 Å². The van der Waals surface area contributed by atoms with Crippen LogP contribution in [-0.4, -0.2) is 0 Å². The molecule has 1 aromatic rings. The quantitative estimate of drug-likeness (QED) is 0.484. The molecular formula is C11H16BrClS. The molecule has 1 rings (SSSR count). The summed E-state index contributed by atoms with van der Waals surface area (Å²) in [6.07, 6.45) is 4.88. The average molecular weight is 296 g/mol. The Kier molecular flexibility index (Phi) is 5.50. The van der Waals surface area contributed by atoms with E-state index in [1.54, 1.807) is 11.3 Å². The molecule has 0 N–H and O–H groups in total. The molecule has 0 radical (unpaired) electrons. The van der Waals surface area contributed by atoms with Crippen molar-refractivity contribution in [2.75, 3.05) is 0 Å². The predicted octanol–water partition coefficient (Wildman–Crippen LogP) is 5.68. The van der Waals surface area contributed by atoms with Crippen LogP contribution in [0.4, 0.5) is 0 Å². The predicted molar refractivity (Wildman–Crippen MR) is 69.5 cm³/mol. The third-order valence-corrected chi connectivity index (χ3v) is 5.08. The molecule has 0 aliphatic carbocycles. The molecule has 0 spiro atoms. The van der Waals surface area contributed by atoms with Crippen molar-refractivity contribution in [1.29, 1.82) is 0 Å². The number of alkyl halides is 1. The van der Waals surface area contributed by atoms with Crippen LogP contribution in [0.15, 0.2) is 10.5 Å². The number of aryl methyl sites for hydroxylation is 1. The molecule has 1 unspecified atom stereocenters. The summed E-state index contributed by atoms with van der Waals surface area (Å²) in [5, 5.41) is 0.205. The van der Waals surface area contributed by atoms with E-state index in [-0.39, 0.29) is 5.38 Å². The molecule has 0 saturated heterocycles. The molecule has 0 amide bonds. The zero-order valence-electron chi connectivity index (χ0n) is 8.65. The second-order valence-electron chi connectivity index (χ2n) is 3.52. The first-order valence-electron chi connectivity index (χ1n) is 5.05. The fourth-order valence-corrected chi connectivity index (χ4v) is 3.28. The molecule has 1 aromatic heterocycles. The first-order valence-corrected chi connectivity index (χ1v) is 7.09. The van der Waals surface area contributed by atoms with Crippen LogP contribution in [-0.2, 0) is 0 Å². The Hall–Kier alpha value is 0.470. The van der Waals surface area contributed by atoms with Crippen molar-refractivity contribution in [3.63, 3.8) is 0 Å². The van der Waals surface area contributed by atoms with Crippen molar-refractivity contribution in [3.8, 4) is 0 Å². The Morgan fingerprint density at radius 1 is 1.50 bits per heavy atom. The van der Waals surface area contributed by atoms with E-state index >= 15 is 0 Å². The number of unbranched alkanes of at least 4 members (excludes halogenated alkanes) is 2. The van der Waals surface area contributed by atoms with Crippen molar-refractivity contribution in [3.05, 3.63) is 20.3 Å². The van der Waals surface area contributed by atoms with Crippen molar-refractivity contribution in [2.24, 2.45) is 0 Å². The molecule has 0 nitrogen and oxygen atoms in total. The monoisotopic (exact) mass is 294 g/mol. The Morgan fingerprint density at radius 2 is 2.21 bits per heavy atom. The molecule has 0 fully saturated rings. The van der Waals surface area contributed by atoms with Gasteiger partial charge in [0.15, 0.2) is 0 Å². The Labute approximate surface area is 104 Å². The summed E-state index contributed by atoms with van der Waals surface area (Å²) >= 11 is 11.6. The molecule has 80 valence electrons. The lowest BCUT2D eigenvalue weighted by atomic mass is 10.1. The van der Waals surface area contributed by atoms with E-state index in [0.29, 0.717) is 0 Å². The number of hydrogen-bond acceptors (Lipinski definition) is 1. The summed E-state index contributed by atoms with van der Waals surface area (Å²) in [7, 11) is 0. The van der Waals surface area contributed by atoms with Crippen molar-refractivity contribution >= 4 is 38.9 Å². The smallest absolute Gasteiger partial charge is 0.0679 e. The molecule has 14 heavy (non-hydrogen) atoms. The van der Waals surface area contributed by atoms with Crippen molar-refractivity contribution < 1.29 is 0 Å². The third kappa shape index (κ3) is 3.56. The molecule has 0 bridgehead atoms. The molecule has 0 saturated carbocycles. The third-order valence-electron chi connectivity index (χ3n) is 2.25. The van der Waals surface area contributed by atoms with Gasteiger partial charge in [0, 0.05) is 14.2 Å². The molecular weight excluding hydrogens is 280 g/mol. The van der Waals surface area contributed by atoms with E-state index in [0.717, 1.165) is 6.42 Å². The van der Waals surface area contributed by atoms with Crippen molar-refractivity contribution in [1.82, 2.24) is 0 Å². The highest BCUT2D eigenvalue weighted by Crippen LogP contribution is 2.36. The van der Waals surface area contributed by atoms with E-state index in [1.807, 2.05) is 0 Å². The number of hydrogen-bond donors (Lipinski definition) is 0. The van der Waals surface area contributed by atoms with Crippen LogP contribution in [0.3, 0.4) is 0 Å². The summed E-state index contributed by atoms with van der Waals surface area (Å²) in [4.78, 5) is 2.62. The Balaban J connectivity index is 2.47. The lowest BCUT2D eigenvalue weighted by Crippen LogP contribution is -1.86. The van der Waals surface area contributed by atoms with Crippen LogP contribution >= 0.6 is 38.9 Å². The molecule has 0 aliphatic heterocycles.